The molecule has 10 heteroatoms. The molecule has 0 aromatic heterocycles. The number of aryl methyl sites for hydroxylation is 1. The summed E-state index contributed by atoms with van der Waals surface area (Å²) in [6.45, 7) is 8.64. The van der Waals surface area contributed by atoms with Crippen LogP contribution in [0.4, 0.5) is 5.69 Å². The molecule has 0 spiro atoms. The van der Waals surface area contributed by atoms with Gasteiger partial charge in [0.2, 0.25) is 11.8 Å². The SMILES string of the molecule is CC[C@@H](C(=O)NC(C)(C)C)N(Cc1ccccc1Cl)C(=O)CN(c1ccccc1Cl)S(=O)(=O)c1ccc(C)cc1. The van der Waals surface area contributed by atoms with Gasteiger partial charge >= 0.3 is 0 Å². The summed E-state index contributed by atoms with van der Waals surface area (Å²) in [4.78, 5) is 28.9. The molecule has 1 atom stereocenters. The van der Waals surface area contributed by atoms with E-state index in [9.17, 15) is 18.0 Å². The van der Waals surface area contributed by atoms with Crippen molar-refractivity contribution in [2.24, 2.45) is 0 Å². The standard InChI is InChI=1S/C30H35Cl2N3O4S/c1-6-26(29(37)33-30(3,4)5)34(19-22-11-7-8-12-24(22)31)28(36)20-35(27-14-10-9-13-25(27)32)40(38,39)23-17-15-21(2)16-18-23/h7-18,26H,6,19-20H2,1-5H3,(H,33,37)/t26-/m0/s1. The maximum atomic E-state index is 14.1. The first-order valence-corrected chi connectivity index (χ1v) is 15.1. The maximum absolute atomic E-state index is 14.1. The summed E-state index contributed by atoms with van der Waals surface area (Å²) in [6.07, 6.45) is 0.301. The molecule has 0 heterocycles. The lowest BCUT2D eigenvalue weighted by Crippen LogP contribution is -2.55. The van der Waals surface area contributed by atoms with E-state index in [0.717, 1.165) is 9.87 Å². The van der Waals surface area contributed by atoms with Crippen LogP contribution in [0.5, 0.6) is 0 Å². The average molecular weight is 605 g/mol. The number of sulfonamides is 1. The molecule has 3 aromatic carbocycles. The fraction of sp³-hybridized carbons (Fsp3) is 0.333. The van der Waals surface area contributed by atoms with Gasteiger partial charge in [-0.05, 0) is 70.0 Å². The minimum atomic E-state index is -4.21. The van der Waals surface area contributed by atoms with E-state index < -0.39 is 34.1 Å². The Kier molecular flexibility index (Phi) is 10.3. The molecule has 0 radical (unpaired) electrons. The number of para-hydroxylation sites is 1. The number of nitrogens with zero attached hydrogens (tertiary/aromatic N) is 2. The highest BCUT2D eigenvalue weighted by Gasteiger charge is 2.35. The number of carbonyl (C=O) groups is 2. The van der Waals surface area contributed by atoms with Gasteiger partial charge in [0.05, 0.1) is 15.6 Å². The Morgan fingerprint density at radius 2 is 1.48 bits per heavy atom. The van der Waals surface area contributed by atoms with Crippen LogP contribution in [0.15, 0.2) is 77.7 Å². The first-order chi connectivity index (χ1) is 18.7. The molecular formula is C30H35Cl2N3O4S. The Bertz CT molecular complexity index is 1450. The van der Waals surface area contributed by atoms with Crippen molar-refractivity contribution in [1.29, 1.82) is 0 Å². The highest BCUT2D eigenvalue weighted by molar-refractivity contribution is 7.92. The molecule has 7 nitrogen and oxygen atoms in total. The Morgan fingerprint density at radius 1 is 0.900 bits per heavy atom. The second kappa shape index (κ2) is 13.1. The third-order valence-corrected chi connectivity index (χ3v) is 8.65. The van der Waals surface area contributed by atoms with Crippen LogP contribution in [0.2, 0.25) is 10.0 Å². The topological polar surface area (TPSA) is 86.8 Å². The van der Waals surface area contributed by atoms with Crippen LogP contribution < -0.4 is 9.62 Å². The molecule has 0 aliphatic heterocycles. The number of rotatable bonds is 10. The summed E-state index contributed by atoms with van der Waals surface area (Å²) in [5, 5.41) is 3.54. The number of anilines is 1. The van der Waals surface area contributed by atoms with Crippen molar-refractivity contribution < 1.29 is 18.0 Å². The van der Waals surface area contributed by atoms with Crippen LogP contribution in [0, 0.1) is 6.92 Å². The molecule has 0 fully saturated rings. The monoisotopic (exact) mass is 603 g/mol. The quantitative estimate of drug-likeness (QED) is 0.298. The minimum absolute atomic E-state index is 0.00944. The van der Waals surface area contributed by atoms with E-state index in [1.54, 1.807) is 67.6 Å². The number of hydrogen-bond donors (Lipinski definition) is 1. The largest absolute Gasteiger partial charge is 0.350 e. The van der Waals surface area contributed by atoms with Crippen LogP contribution in [0.25, 0.3) is 0 Å². The molecule has 3 aromatic rings. The highest BCUT2D eigenvalue weighted by Crippen LogP contribution is 2.31. The molecule has 0 saturated heterocycles. The van der Waals surface area contributed by atoms with Crippen molar-refractivity contribution in [3.8, 4) is 0 Å². The van der Waals surface area contributed by atoms with E-state index in [0.29, 0.717) is 17.0 Å². The summed E-state index contributed by atoms with van der Waals surface area (Å²) in [5.74, 6) is -0.924. The predicted molar refractivity (Wildman–Crippen MR) is 161 cm³/mol. The van der Waals surface area contributed by atoms with Gasteiger partial charge in [0, 0.05) is 17.1 Å². The number of benzene rings is 3. The lowest BCUT2D eigenvalue weighted by atomic mass is 10.1. The van der Waals surface area contributed by atoms with Gasteiger partial charge in [0.25, 0.3) is 10.0 Å². The molecule has 3 rings (SSSR count). The van der Waals surface area contributed by atoms with Gasteiger partial charge in [0.15, 0.2) is 0 Å². The van der Waals surface area contributed by atoms with Gasteiger partial charge in [-0.3, -0.25) is 13.9 Å². The second-order valence-corrected chi connectivity index (χ2v) is 13.2. The van der Waals surface area contributed by atoms with Crippen LogP contribution >= 0.6 is 23.2 Å². The van der Waals surface area contributed by atoms with E-state index in [2.05, 4.69) is 5.32 Å². The van der Waals surface area contributed by atoms with Gasteiger partial charge in [-0.2, -0.15) is 0 Å². The molecular weight excluding hydrogens is 569 g/mol. The molecule has 0 bridgehead atoms. The number of hydrogen-bond acceptors (Lipinski definition) is 4. The normalized spacial score (nSPS) is 12.5. The first kappa shape index (κ1) is 31.5. The van der Waals surface area contributed by atoms with Gasteiger partial charge in [0.1, 0.15) is 12.6 Å². The zero-order valence-corrected chi connectivity index (χ0v) is 25.6. The molecule has 40 heavy (non-hydrogen) atoms. The van der Waals surface area contributed by atoms with E-state index in [1.807, 2.05) is 27.7 Å². The van der Waals surface area contributed by atoms with Gasteiger partial charge < -0.3 is 10.2 Å². The summed E-state index contributed by atoms with van der Waals surface area (Å²) >= 11 is 12.9. The van der Waals surface area contributed by atoms with Gasteiger partial charge in [-0.1, -0.05) is 78.2 Å². The van der Waals surface area contributed by atoms with Crippen molar-refractivity contribution in [3.05, 3.63) is 94.0 Å². The van der Waals surface area contributed by atoms with Crippen LogP contribution in [0.3, 0.4) is 0 Å². The average Bonchev–Trinajstić information content (AvgIpc) is 2.88. The first-order valence-electron chi connectivity index (χ1n) is 12.9. The number of amides is 2. The number of nitrogens with one attached hydrogen (secondary N) is 1. The molecule has 214 valence electrons. The van der Waals surface area contributed by atoms with Crippen molar-refractivity contribution >= 4 is 50.7 Å². The maximum Gasteiger partial charge on any atom is 0.264 e. The number of halogens is 2. The lowest BCUT2D eigenvalue weighted by molar-refractivity contribution is -0.141. The van der Waals surface area contributed by atoms with Crippen molar-refractivity contribution in [1.82, 2.24) is 10.2 Å². The van der Waals surface area contributed by atoms with Crippen molar-refractivity contribution in [3.63, 3.8) is 0 Å². The predicted octanol–water partition coefficient (Wildman–Crippen LogP) is 6.22. The lowest BCUT2D eigenvalue weighted by Gasteiger charge is -2.35. The summed E-state index contributed by atoms with van der Waals surface area (Å²) in [7, 11) is -4.21. The molecule has 2 amide bonds. The van der Waals surface area contributed by atoms with E-state index in [4.69, 9.17) is 23.2 Å². The van der Waals surface area contributed by atoms with E-state index in [-0.39, 0.29) is 28.1 Å². The molecule has 1 N–H and O–H groups in total. The highest BCUT2D eigenvalue weighted by atomic mass is 35.5. The van der Waals surface area contributed by atoms with Crippen LogP contribution in [0.1, 0.15) is 45.2 Å². The number of carbonyl (C=O) groups excluding carboxylic acids is 2. The Labute approximate surface area is 247 Å². The van der Waals surface area contributed by atoms with Crippen molar-refractivity contribution in [2.45, 2.75) is 64.1 Å². The summed E-state index contributed by atoms with van der Waals surface area (Å²) < 4.78 is 28.8. The van der Waals surface area contributed by atoms with Gasteiger partial charge in [-0.15, -0.1) is 0 Å². The third kappa shape index (κ3) is 7.77. The summed E-state index contributed by atoms with van der Waals surface area (Å²) in [6, 6.07) is 19.0. The smallest absolute Gasteiger partial charge is 0.264 e. The molecule has 0 aliphatic carbocycles. The Morgan fingerprint density at radius 3 is 2.02 bits per heavy atom. The fourth-order valence-electron chi connectivity index (χ4n) is 4.19. The molecule has 0 aliphatic rings. The summed E-state index contributed by atoms with van der Waals surface area (Å²) in [5.41, 5.74) is 1.14. The zero-order valence-electron chi connectivity index (χ0n) is 23.3. The Hall–Kier alpha value is -3.07. The van der Waals surface area contributed by atoms with Crippen LogP contribution in [-0.4, -0.2) is 43.3 Å². The third-order valence-electron chi connectivity index (χ3n) is 6.19. The Balaban J connectivity index is 2.10. The van der Waals surface area contributed by atoms with Crippen molar-refractivity contribution in [2.75, 3.05) is 10.8 Å². The van der Waals surface area contributed by atoms with Crippen LogP contribution in [-0.2, 0) is 26.2 Å². The van der Waals surface area contributed by atoms with E-state index in [1.165, 1.54) is 17.0 Å². The van der Waals surface area contributed by atoms with Gasteiger partial charge in [-0.25, -0.2) is 8.42 Å². The molecule has 0 unspecified atom stereocenters. The fourth-order valence-corrected chi connectivity index (χ4v) is 6.10. The minimum Gasteiger partial charge on any atom is -0.350 e. The zero-order chi connectivity index (χ0) is 29.7. The van der Waals surface area contributed by atoms with E-state index >= 15 is 0 Å². The second-order valence-electron chi connectivity index (χ2n) is 10.6. The molecule has 0 saturated carbocycles.